The normalized spacial score (nSPS) is 18.1. The molecule has 33 heavy (non-hydrogen) atoms. The van der Waals surface area contributed by atoms with Crippen LogP contribution >= 0.6 is 12.2 Å². The lowest BCUT2D eigenvalue weighted by atomic mass is 9.99. The summed E-state index contributed by atoms with van der Waals surface area (Å²) in [6.45, 7) is 6.58. The molecule has 2 aromatic carbocycles. The maximum atomic E-state index is 5.90. The number of thiocarbonyl (C=S) groups is 1. The molecule has 4 aromatic rings. The molecule has 1 saturated heterocycles. The van der Waals surface area contributed by atoms with Gasteiger partial charge in [0.1, 0.15) is 6.04 Å². The van der Waals surface area contributed by atoms with Gasteiger partial charge in [0.15, 0.2) is 5.11 Å². The third-order valence-electron chi connectivity index (χ3n) is 6.39. The first-order valence-electron chi connectivity index (χ1n) is 11.4. The number of pyridine rings is 1. The van der Waals surface area contributed by atoms with E-state index in [1.54, 1.807) is 0 Å². The van der Waals surface area contributed by atoms with Crippen molar-refractivity contribution < 1.29 is 0 Å². The summed E-state index contributed by atoms with van der Waals surface area (Å²) in [5.41, 5.74) is 6.94. The average molecular weight is 453 g/mol. The molecule has 0 bridgehead atoms. The van der Waals surface area contributed by atoms with Crippen molar-refractivity contribution in [2.45, 2.75) is 38.8 Å². The molecule has 4 nitrogen and oxygen atoms in total. The van der Waals surface area contributed by atoms with Crippen LogP contribution in [-0.4, -0.2) is 14.7 Å². The highest BCUT2D eigenvalue weighted by Crippen LogP contribution is 2.42. The zero-order valence-corrected chi connectivity index (χ0v) is 20.0. The Morgan fingerprint density at radius 3 is 2.36 bits per heavy atom. The quantitative estimate of drug-likeness (QED) is 0.351. The third-order valence-corrected chi connectivity index (χ3v) is 6.71. The Hall–Kier alpha value is -3.44. The number of aromatic nitrogens is 2. The van der Waals surface area contributed by atoms with Gasteiger partial charge in [-0.3, -0.25) is 4.98 Å². The van der Waals surface area contributed by atoms with E-state index in [9.17, 15) is 0 Å². The topological polar surface area (TPSA) is 33.1 Å². The number of hydrogen-bond donors (Lipinski definition) is 1. The molecule has 0 amide bonds. The number of aryl methyl sites for hydroxylation is 1. The number of para-hydroxylation sites is 1. The Kier molecular flexibility index (Phi) is 5.73. The van der Waals surface area contributed by atoms with Gasteiger partial charge >= 0.3 is 0 Å². The molecule has 166 valence electrons. The van der Waals surface area contributed by atoms with E-state index in [0.29, 0.717) is 11.0 Å². The fourth-order valence-corrected chi connectivity index (χ4v) is 4.99. The fraction of sp³-hybridized carbons (Fsp3) is 0.214. The predicted molar refractivity (Wildman–Crippen MR) is 139 cm³/mol. The molecule has 1 aliphatic rings. The summed E-state index contributed by atoms with van der Waals surface area (Å²) in [6, 6.07) is 27.5. The number of anilines is 1. The number of rotatable bonds is 5. The molecule has 0 aliphatic carbocycles. The Labute approximate surface area is 200 Å². The molecular formula is C28H28N4S. The van der Waals surface area contributed by atoms with Crippen LogP contribution in [0.25, 0.3) is 5.69 Å². The van der Waals surface area contributed by atoms with Gasteiger partial charge in [-0.2, -0.15) is 0 Å². The lowest BCUT2D eigenvalue weighted by Crippen LogP contribution is -2.30. The van der Waals surface area contributed by atoms with Crippen molar-refractivity contribution in [2.75, 3.05) is 4.90 Å². The van der Waals surface area contributed by atoms with Crippen molar-refractivity contribution >= 4 is 23.0 Å². The maximum Gasteiger partial charge on any atom is 0.174 e. The Morgan fingerprint density at radius 2 is 1.67 bits per heavy atom. The molecule has 0 saturated carbocycles. The highest BCUT2D eigenvalue weighted by Gasteiger charge is 2.42. The average Bonchev–Trinajstić information content (AvgIpc) is 3.44. The largest absolute Gasteiger partial charge is 0.351 e. The molecular weight excluding hydrogens is 424 g/mol. The maximum absolute atomic E-state index is 5.90. The van der Waals surface area contributed by atoms with Gasteiger partial charge in [-0.25, -0.2) is 0 Å². The second kappa shape index (κ2) is 8.83. The molecule has 5 heteroatoms. The number of nitrogens with zero attached hydrogens (tertiary/aromatic N) is 3. The van der Waals surface area contributed by atoms with Gasteiger partial charge in [0.05, 0.1) is 11.7 Å². The minimum absolute atomic E-state index is 0.0492. The fourth-order valence-electron chi connectivity index (χ4n) is 4.64. The predicted octanol–water partition coefficient (Wildman–Crippen LogP) is 6.48. The van der Waals surface area contributed by atoms with Crippen LogP contribution < -0.4 is 10.2 Å². The van der Waals surface area contributed by atoms with Crippen molar-refractivity contribution in [1.82, 2.24) is 14.9 Å². The van der Waals surface area contributed by atoms with Gasteiger partial charge in [-0.15, -0.1) is 0 Å². The molecule has 0 unspecified atom stereocenters. The molecule has 1 N–H and O–H groups in total. The van der Waals surface area contributed by atoms with E-state index in [4.69, 9.17) is 12.2 Å². The lowest BCUT2D eigenvalue weighted by Gasteiger charge is -2.29. The first-order valence-corrected chi connectivity index (χ1v) is 11.8. The zero-order valence-electron chi connectivity index (χ0n) is 19.1. The van der Waals surface area contributed by atoms with Gasteiger partial charge in [0.25, 0.3) is 0 Å². The molecule has 2 atom stereocenters. The molecule has 2 aromatic heterocycles. The molecule has 0 spiro atoms. The summed E-state index contributed by atoms with van der Waals surface area (Å²) < 4.78 is 2.28. The van der Waals surface area contributed by atoms with Crippen LogP contribution in [0.3, 0.4) is 0 Å². The van der Waals surface area contributed by atoms with Crippen LogP contribution in [0, 0.1) is 6.92 Å². The van der Waals surface area contributed by atoms with Crippen LogP contribution in [-0.2, 0) is 0 Å². The molecule has 3 heterocycles. The van der Waals surface area contributed by atoms with Crippen molar-refractivity contribution in [2.24, 2.45) is 0 Å². The van der Waals surface area contributed by atoms with E-state index in [2.05, 4.69) is 113 Å². The number of benzene rings is 2. The first-order chi connectivity index (χ1) is 16.0. The van der Waals surface area contributed by atoms with Crippen LogP contribution in [0.4, 0.5) is 5.69 Å². The summed E-state index contributed by atoms with van der Waals surface area (Å²) in [5, 5.41) is 4.28. The van der Waals surface area contributed by atoms with Gasteiger partial charge in [-0.05, 0) is 78.7 Å². The zero-order chi connectivity index (χ0) is 22.9. The highest BCUT2D eigenvalue weighted by molar-refractivity contribution is 7.80. The van der Waals surface area contributed by atoms with Gasteiger partial charge in [-0.1, -0.05) is 50.2 Å². The van der Waals surface area contributed by atoms with Crippen molar-refractivity contribution in [3.8, 4) is 5.69 Å². The van der Waals surface area contributed by atoms with E-state index in [-0.39, 0.29) is 12.1 Å². The van der Waals surface area contributed by atoms with Crippen LogP contribution in [0.1, 0.15) is 54.4 Å². The number of hydrogen-bond acceptors (Lipinski definition) is 2. The molecule has 5 rings (SSSR count). The van der Waals surface area contributed by atoms with Crippen LogP contribution in [0.5, 0.6) is 0 Å². The summed E-state index contributed by atoms with van der Waals surface area (Å²) in [4.78, 5) is 6.92. The van der Waals surface area contributed by atoms with E-state index in [0.717, 1.165) is 11.4 Å². The summed E-state index contributed by atoms with van der Waals surface area (Å²) in [7, 11) is 0. The standard InChI is InChI=1S/C28H28N4S/c1-19(2)21-13-15-22(16-14-21)32-27(26(30-28(32)33)23-10-6-7-17-29-23)25-12-8-18-31(25)24-11-5-4-9-20(24)3/h4-19,26-27H,1-3H3,(H,30,33)/t26-,27+/m0/s1. The van der Waals surface area contributed by atoms with Gasteiger partial charge < -0.3 is 14.8 Å². The van der Waals surface area contributed by atoms with Crippen molar-refractivity contribution in [3.63, 3.8) is 0 Å². The summed E-state index contributed by atoms with van der Waals surface area (Å²) >= 11 is 5.90. The number of nitrogens with one attached hydrogen (secondary N) is 1. The Morgan fingerprint density at radius 1 is 0.909 bits per heavy atom. The van der Waals surface area contributed by atoms with E-state index >= 15 is 0 Å². The third kappa shape index (κ3) is 3.93. The van der Waals surface area contributed by atoms with Gasteiger partial charge in [0.2, 0.25) is 0 Å². The molecule has 1 aliphatic heterocycles. The van der Waals surface area contributed by atoms with E-state index < -0.39 is 0 Å². The SMILES string of the molecule is Cc1ccccc1-n1cccc1[C@@H]1[C@H](c2ccccn2)NC(=S)N1c1ccc(C(C)C)cc1. The van der Waals surface area contributed by atoms with E-state index in [1.165, 1.54) is 22.5 Å². The van der Waals surface area contributed by atoms with Crippen LogP contribution in [0.15, 0.2) is 91.3 Å². The second-order valence-electron chi connectivity index (χ2n) is 8.83. The van der Waals surface area contributed by atoms with Crippen molar-refractivity contribution in [1.29, 1.82) is 0 Å². The van der Waals surface area contributed by atoms with Gasteiger partial charge in [0, 0.05) is 29.5 Å². The first kappa shape index (κ1) is 21.4. The summed E-state index contributed by atoms with van der Waals surface area (Å²) in [5.74, 6) is 0.484. The molecule has 1 fully saturated rings. The summed E-state index contributed by atoms with van der Waals surface area (Å²) in [6.07, 6.45) is 3.98. The van der Waals surface area contributed by atoms with Crippen LogP contribution in [0.2, 0.25) is 0 Å². The second-order valence-corrected chi connectivity index (χ2v) is 9.22. The minimum Gasteiger partial charge on any atom is -0.351 e. The minimum atomic E-state index is -0.0684. The smallest absolute Gasteiger partial charge is 0.174 e. The van der Waals surface area contributed by atoms with Crippen molar-refractivity contribution in [3.05, 3.63) is 114 Å². The Bertz CT molecular complexity index is 1260. The lowest BCUT2D eigenvalue weighted by molar-refractivity contribution is 0.549. The molecule has 0 radical (unpaired) electrons. The monoisotopic (exact) mass is 452 g/mol. The van der Waals surface area contributed by atoms with E-state index in [1.807, 2.05) is 18.3 Å². The highest BCUT2D eigenvalue weighted by atomic mass is 32.1. The Balaban J connectivity index is 1.65.